The average Bonchev–Trinajstić information content (AvgIpc) is 3.10. The SMILES string of the molecule is C[C@@H](c1ccc(F)cc1)N1CC[C@@H](N2CC[C@H](c3ccc(O)cc3)[C@@H](F)C2)C1=O. The lowest BCUT2D eigenvalue weighted by Gasteiger charge is -2.38. The van der Waals surface area contributed by atoms with Crippen molar-refractivity contribution in [1.82, 2.24) is 9.80 Å². The smallest absolute Gasteiger partial charge is 0.240 e. The average molecular weight is 400 g/mol. The number of rotatable bonds is 4. The number of benzene rings is 2. The number of phenols is 1. The highest BCUT2D eigenvalue weighted by molar-refractivity contribution is 5.84. The van der Waals surface area contributed by atoms with Crippen molar-refractivity contribution in [2.75, 3.05) is 19.6 Å². The van der Waals surface area contributed by atoms with Gasteiger partial charge in [-0.15, -0.1) is 0 Å². The van der Waals surface area contributed by atoms with E-state index in [0.717, 1.165) is 11.1 Å². The van der Waals surface area contributed by atoms with Crippen LogP contribution in [-0.4, -0.2) is 52.7 Å². The number of nitrogens with zero attached hydrogens (tertiary/aromatic N) is 2. The summed E-state index contributed by atoms with van der Waals surface area (Å²) in [5.41, 5.74) is 1.79. The van der Waals surface area contributed by atoms with Crippen LogP contribution in [0.25, 0.3) is 0 Å². The maximum absolute atomic E-state index is 15.0. The molecule has 2 heterocycles. The Kier molecular flexibility index (Phi) is 5.54. The maximum atomic E-state index is 15.0. The fraction of sp³-hybridized carbons (Fsp3) is 0.435. The van der Waals surface area contributed by atoms with Gasteiger partial charge in [0.05, 0.1) is 12.1 Å². The third-order valence-electron chi connectivity index (χ3n) is 6.37. The molecule has 1 N–H and O–H groups in total. The van der Waals surface area contributed by atoms with E-state index in [0.29, 0.717) is 25.9 Å². The third kappa shape index (κ3) is 3.99. The predicted molar refractivity (Wildman–Crippen MR) is 107 cm³/mol. The molecule has 154 valence electrons. The molecule has 0 radical (unpaired) electrons. The molecule has 4 rings (SSSR count). The Hall–Kier alpha value is -2.47. The van der Waals surface area contributed by atoms with Gasteiger partial charge in [-0.2, -0.15) is 0 Å². The van der Waals surface area contributed by atoms with Gasteiger partial charge < -0.3 is 10.0 Å². The molecule has 2 aromatic carbocycles. The molecule has 2 aromatic rings. The van der Waals surface area contributed by atoms with Crippen LogP contribution in [0.2, 0.25) is 0 Å². The van der Waals surface area contributed by atoms with Gasteiger partial charge in [0.15, 0.2) is 0 Å². The molecule has 29 heavy (non-hydrogen) atoms. The molecule has 4 nitrogen and oxygen atoms in total. The first-order valence-corrected chi connectivity index (χ1v) is 10.2. The molecule has 2 aliphatic rings. The largest absolute Gasteiger partial charge is 0.508 e. The number of aromatic hydroxyl groups is 1. The summed E-state index contributed by atoms with van der Waals surface area (Å²) in [7, 11) is 0. The molecule has 6 heteroatoms. The number of alkyl halides is 1. The van der Waals surface area contributed by atoms with E-state index in [4.69, 9.17) is 0 Å². The van der Waals surface area contributed by atoms with Gasteiger partial charge in [-0.1, -0.05) is 24.3 Å². The number of carbonyl (C=O) groups is 1. The van der Waals surface area contributed by atoms with Crippen LogP contribution in [0, 0.1) is 5.82 Å². The predicted octanol–water partition coefficient (Wildman–Crippen LogP) is 4.02. The first-order valence-electron chi connectivity index (χ1n) is 10.2. The second kappa shape index (κ2) is 8.11. The van der Waals surface area contributed by atoms with Crippen LogP contribution in [0.15, 0.2) is 48.5 Å². The van der Waals surface area contributed by atoms with Gasteiger partial charge >= 0.3 is 0 Å². The summed E-state index contributed by atoms with van der Waals surface area (Å²) in [6.07, 6.45) is 0.272. The molecule has 4 atom stereocenters. The van der Waals surface area contributed by atoms with Crippen LogP contribution in [0.4, 0.5) is 8.78 Å². The van der Waals surface area contributed by atoms with E-state index in [2.05, 4.69) is 0 Å². The lowest BCUT2D eigenvalue weighted by atomic mass is 9.87. The molecular formula is C23H26F2N2O2. The third-order valence-corrected chi connectivity index (χ3v) is 6.37. The van der Waals surface area contributed by atoms with Gasteiger partial charge in [0.2, 0.25) is 5.91 Å². The van der Waals surface area contributed by atoms with E-state index in [9.17, 15) is 18.7 Å². The highest BCUT2D eigenvalue weighted by atomic mass is 19.1. The Balaban J connectivity index is 1.40. The molecule has 0 unspecified atom stereocenters. The molecule has 0 aliphatic carbocycles. The zero-order valence-corrected chi connectivity index (χ0v) is 16.5. The highest BCUT2D eigenvalue weighted by Crippen LogP contribution is 2.35. The van der Waals surface area contributed by atoms with Crippen molar-refractivity contribution >= 4 is 5.91 Å². The molecule has 0 aromatic heterocycles. The van der Waals surface area contributed by atoms with E-state index in [1.807, 2.05) is 16.7 Å². The van der Waals surface area contributed by atoms with Crippen molar-refractivity contribution in [1.29, 1.82) is 0 Å². The van der Waals surface area contributed by atoms with Crippen LogP contribution in [0.3, 0.4) is 0 Å². The minimum Gasteiger partial charge on any atom is -0.508 e. The van der Waals surface area contributed by atoms with E-state index in [1.165, 1.54) is 12.1 Å². The van der Waals surface area contributed by atoms with Crippen molar-refractivity contribution in [2.24, 2.45) is 0 Å². The molecule has 0 spiro atoms. The van der Waals surface area contributed by atoms with Gasteiger partial charge in [-0.3, -0.25) is 9.69 Å². The summed E-state index contributed by atoms with van der Waals surface area (Å²) in [6, 6.07) is 12.5. The number of phenolic OH excluding ortho intramolecular Hbond substituents is 1. The van der Waals surface area contributed by atoms with Crippen LogP contribution < -0.4 is 0 Å². The maximum Gasteiger partial charge on any atom is 0.240 e. The standard InChI is InChI=1S/C23H26F2N2O2/c1-15(16-2-6-18(24)7-3-16)27-13-11-22(23(27)29)26-12-10-20(21(25)14-26)17-4-8-19(28)9-5-17/h2-9,15,20-22,28H,10-14H2,1H3/t15-,20+,21-,22+/m0/s1. The van der Waals surface area contributed by atoms with Gasteiger partial charge in [0.1, 0.15) is 17.7 Å². The van der Waals surface area contributed by atoms with Crippen molar-refractivity contribution in [3.63, 3.8) is 0 Å². The van der Waals surface area contributed by atoms with Gasteiger partial charge in [0, 0.05) is 19.0 Å². The number of hydrogen-bond acceptors (Lipinski definition) is 3. The van der Waals surface area contributed by atoms with E-state index < -0.39 is 6.17 Å². The number of amides is 1. The van der Waals surface area contributed by atoms with Crippen molar-refractivity contribution in [3.05, 3.63) is 65.5 Å². The summed E-state index contributed by atoms with van der Waals surface area (Å²) in [5.74, 6) is -0.305. The number of likely N-dealkylation sites (tertiary alicyclic amines) is 2. The molecule has 0 bridgehead atoms. The molecule has 0 saturated carbocycles. The summed E-state index contributed by atoms with van der Waals surface area (Å²) in [5, 5.41) is 9.44. The molecule has 2 aliphatic heterocycles. The summed E-state index contributed by atoms with van der Waals surface area (Å²) < 4.78 is 28.1. The number of piperidine rings is 1. The fourth-order valence-corrected chi connectivity index (χ4v) is 4.64. The Bertz CT molecular complexity index is 856. The Labute approximate surface area is 169 Å². The van der Waals surface area contributed by atoms with Crippen molar-refractivity contribution in [3.8, 4) is 5.75 Å². The minimum absolute atomic E-state index is 0.0251. The summed E-state index contributed by atoms with van der Waals surface area (Å²) in [4.78, 5) is 16.8. The monoisotopic (exact) mass is 400 g/mol. The van der Waals surface area contributed by atoms with Crippen molar-refractivity contribution < 1.29 is 18.7 Å². The highest BCUT2D eigenvalue weighted by Gasteiger charge is 2.42. The van der Waals surface area contributed by atoms with Crippen LogP contribution >= 0.6 is 0 Å². The van der Waals surface area contributed by atoms with Gasteiger partial charge in [-0.05, 0) is 61.7 Å². The number of hydrogen-bond donors (Lipinski definition) is 1. The lowest BCUT2D eigenvalue weighted by molar-refractivity contribution is -0.134. The van der Waals surface area contributed by atoms with E-state index in [1.54, 1.807) is 36.4 Å². The van der Waals surface area contributed by atoms with Crippen LogP contribution in [-0.2, 0) is 4.79 Å². The quantitative estimate of drug-likeness (QED) is 0.843. The molecule has 1 amide bonds. The van der Waals surface area contributed by atoms with E-state index in [-0.39, 0.29) is 42.0 Å². The zero-order valence-electron chi connectivity index (χ0n) is 16.5. The first kappa shape index (κ1) is 19.8. The van der Waals surface area contributed by atoms with Crippen LogP contribution in [0.5, 0.6) is 5.75 Å². The normalized spacial score (nSPS) is 26.7. The van der Waals surface area contributed by atoms with E-state index >= 15 is 0 Å². The summed E-state index contributed by atoms with van der Waals surface area (Å²) in [6.45, 7) is 3.47. The molecular weight excluding hydrogens is 374 g/mol. The van der Waals surface area contributed by atoms with Crippen molar-refractivity contribution in [2.45, 2.75) is 43.9 Å². The minimum atomic E-state index is -1.05. The Morgan fingerprint density at radius 3 is 2.38 bits per heavy atom. The van der Waals surface area contributed by atoms with Gasteiger partial charge in [0.25, 0.3) is 0 Å². The number of halogens is 2. The Morgan fingerprint density at radius 1 is 1.03 bits per heavy atom. The molecule has 2 fully saturated rings. The zero-order chi connectivity index (χ0) is 20.5. The topological polar surface area (TPSA) is 43.8 Å². The van der Waals surface area contributed by atoms with Crippen LogP contribution in [0.1, 0.15) is 42.9 Å². The molecule has 2 saturated heterocycles. The second-order valence-electron chi connectivity index (χ2n) is 8.06. The Morgan fingerprint density at radius 2 is 1.72 bits per heavy atom. The summed E-state index contributed by atoms with van der Waals surface area (Å²) >= 11 is 0. The second-order valence-corrected chi connectivity index (χ2v) is 8.06. The fourth-order valence-electron chi connectivity index (χ4n) is 4.64. The number of carbonyl (C=O) groups excluding carboxylic acids is 1. The van der Waals surface area contributed by atoms with Gasteiger partial charge in [-0.25, -0.2) is 8.78 Å². The lowest BCUT2D eigenvalue weighted by Crippen LogP contribution is -2.49. The first-order chi connectivity index (χ1) is 13.9.